The van der Waals surface area contributed by atoms with Crippen LogP contribution in [0.2, 0.25) is 0 Å². The summed E-state index contributed by atoms with van der Waals surface area (Å²) in [5.74, 6) is -0.808. The molecule has 5 heteroatoms. The molecule has 2 rings (SSSR count). The lowest BCUT2D eigenvalue weighted by Gasteiger charge is -2.36. The van der Waals surface area contributed by atoms with Crippen molar-refractivity contribution in [2.24, 2.45) is 0 Å². The number of amides is 3. The Morgan fingerprint density at radius 1 is 1.35 bits per heavy atom. The minimum atomic E-state index is -0.558. The summed E-state index contributed by atoms with van der Waals surface area (Å²) in [4.78, 5) is 24.6. The fourth-order valence-electron chi connectivity index (χ4n) is 1.84. The molecule has 1 N–H and O–H groups in total. The fraction of sp³-hybridized carbons (Fsp3) is 0.333. The van der Waals surface area contributed by atoms with Crippen molar-refractivity contribution in [1.29, 1.82) is 0 Å². The van der Waals surface area contributed by atoms with Crippen LogP contribution >= 0.6 is 0 Å². The standard InChI is InChI=1S/C12H13FN2O2/c1-12(2)7-10(16)15(11(17)14-12)9-5-3-4-8(13)6-9/h3-6H,7H2,1-2H3,(H,14,17). The predicted molar refractivity (Wildman–Crippen MR) is 61.1 cm³/mol. The summed E-state index contributed by atoms with van der Waals surface area (Å²) in [7, 11) is 0. The third-order valence-electron chi connectivity index (χ3n) is 2.56. The number of nitrogens with one attached hydrogen (secondary N) is 1. The van der Waals surface area contributed by atoms with Gasteiger partial charge in [-0.25, -0.2) is 14.1 Å². The monoisotopic (exact) mass is 236 g/mol. The molecule has 0 atom stereocenters. The van der Waals surface area contributed by atoms with Crippen LogP contribution in [0.1, 0.15) is 20.3 Å². The summed E-state index contributed by atoms with van der Waals surface area (Å²) in [5.41, 5.74) is -0.305. The van der Waals surface area contributed by atoms with Gasteiger partial charge in [-0.2, -0.15) is 0 Å². The van der Waals surface area contributed by atoms with Gasteiger partial charge in [0.1, 0.15) is 5.82 Å². The molecule has 0 aliphatic carbocycles. The summed E-state index contributed by atoms with van der Waals surface area (Å²) in [6.07, 6.45) is 0.190. The Kier molecular flexibility index (Phi) is 2.61. The molecule has 0 unspecified atom stereocenters. The van der Waals surface area contributed by atoms with Gasteiger partial charge in [0, 0.05) is 5.54 Å². The molecule has 4 nitrogen and oxygen atoms in total. The van der Waals surface area contributed by atoms with E-state index in [0.29, 0.717) is 0 Å². The Morgan fingerprint density at radius 2 is 2.06 bits per heavy atom. The lowest BCUT2D eigenvalue weighted by Crippen LogP contribution is -2.59. The molecule has 1 aliphatic rings. The van der Waals surface area contributed by atoms with Gasteiger partial charge in [-0.3, -0.25) is 4.79 Å². The topological polar surface area (TPSA) is 49.4 Å². The summed E-state index contributed by atoms with van der Waals surface area (Å²) >= 11 is 0. The molecule has 17 heavy (non-hydrogen) atoms. The number of benzene rings is 1. The Bertz CT molecular complexity index is 465. The second-order valence-corrected chi connectivity index (χ2v) is 4.70. The fourth-order valence-corrected chi connectivity index (χ4v) is 1.84. The number of urea groups is 1. The lowest BCUT2D eigenvalue weighted by atomic mass is 9.97. The van der Waals surface area contributed by atoms with Gasteiger partial charge >= 0.3 is 6.03 Å². The van der Waals surface area contributed by atoms with Crippen molar-refractivity contribution < 1.29 is 14.0 Å². The van der Waals surface area contributed by atoms with Gasteiger partial charge in [0.15, 0.2) is 0 Å². The van der Waals surface area contributed by atoms with Crippen LogP contribution < -0.4 is 10.2 Å². The zero-order chi connectivity index (χ0) is 12.6. The number of carbonyl (C=O) groups excluding carboxylic acids is 2. The Hall–Kier alpha value is -1.91. The number of halogens is 1. The van der Waals surface area contributed by atoms with E-state index in [4.69, 9.17) is 0 Å². The SMILES string of the molecule is CC1(C)CC(=O)N(c2cccc(F)c2)C(=O)N1. The zero-order valence-corrected chi connectivity index (χ0v) is 9.66. The number of hydrogen-bond donors (Lipinski definition) is 1. The molecule has 1 fully saturated rings. The maximum Gasteiger partial charge on any atom is 0.329 e. The van der Waals surface area contributed by atoms with Crippen LogP contribution in [0, 0.1) is 5.82 Å². The minimum absolute atomic E-state index is 0.190. The average Bonchev–Trinajstić information content (AvgIpc) is 2.13. The Labute approximate surface area is 98.4 Å². The first-order valence-electron chi connectivity index (χ1n) is 5.30. The third-order valence-corrected chi connectivity index (χ3v) is 2.56. The number of rotatable bonds is 1. The number of imide groups is 1. The van der Waals surface area contributed by atoms with E-state index in [9.17, 15) is 14.0 Å². The van der Waals surface area contributed by atoms with E-state index >= 15 is 0 Å². The molecule has 0 bridgehead atoms. The van der Waals surface area contributed by atoms with Crippen molar-refractivity contribution in [1.82, 2.24) is 5.32 Å². The highest BCUT2D eigenvalue weighted by Gasteiger charge is 2.37. The van der Waals surface area contributed by atoms with Crippen molar-refractivity contribution in [2.75, 3.05) is 4.90 Å². The second-order valence-electron chi connectivity index (χ2n) is 4.70. The van der Waals surface area contributed by atoms with Crippen LogP contribution in [0.15, 0.2) is 24.3 Å². The molecular weight excluding hydrogens is 223 g/mol. The van der Waals surface area contributed by atoms with E-state index in [0.717, 1.165) is 11.0 Å². The third kappa shape index (κ3) is 2.27. The maximum atomic E-state index is 13.1. The van der Waals surface area contributed by atoms with E-state index in [-0.39, 0.29) is 18.0 Å². The van der Waals surface area contributed by atoms with Gasteiger partial charge in [0.25, 0.3) is 0 Å². The summed E-state index contributed by atoms with van der Waals surface area (Å²) in [6.45, 7) is 3.54. The highest BCUT2D eigenvalue weighted by molar-refractivity contribution is 6.16. The van der Waals surface area contributed by atoms with Gasteiger partial charge in [-0.1, -0.05) is 6.07 Å². The Balaban J connectivity index is 2.34. The first-order chi connectivity index (χ1) is 7.89. The predicted octanol–water partition coefficient (Wildman–Crippen LogP) is 2.05. The molecule has 3 amide bonds. The normalized spacial score (nSPS) is 19.1. The minimum Gasteiger partial charge on any atom is -0.332 e. The van der Waals surface area contributed by atoms with E-state index in [1.807, 2.05) is 0 Å². The van der Waals surface area contributed by atoms with Gasteiger partial charge in [-0.05, 0) is 32.0 Å². The van der Waals surface area contributed by atoms with Crippen LogP contribution in [-0.4, -0.2) is 17.5 Å². The molecule has 0 saturated carbocycles. The molecule has 1 heterocycles. The quantitative estimate of drug-likeness (QED) is 0.811. The summed E-state index contributed by atoms with van der Waals surface area (Å²) in [5, 5.41) is 2.70. The molecule has 1 aromatic carbocycles. The van der Waals surface area contributed by atoms with Crippen molar-refractivity contribution >= 4 is 17.6 Å². The highest BCUT2D eigenvalue weighted by atomic mass is 19.1. The summed E-state index contributed by atoms with van der Waals surface area (Å²) < 4.78 is 13.1. The van der Waals surface area contributed by atoms with Gasteiger partial charge < -0.3 is 5.32 Å². The average molecular weight is 236 g/mol. The van der Waals surface area contributed by atoms with Crippen molar-refractivity contribution in [3.63, 3.8) is 0 Å². The van der Waals surface area contributed by atoms with Gasteiger partial charge in [-0.15, -0.1) is 0 Å². The van der Waals surface area contributed by atoms with Crippen LogP contribution in [0.5, 0.6) is 0 Å². The van der Waals surface area contributed by atoms with E-state index < -0.39 is 17.4 Å². The number of anilines is 1. The molecule has 0 radical (unpaired) electrons. The van der Waals surface area contributed by atoms with Crippen molar-refractivity contribution in [2.45, 2.75) is 25.8 Å². The maximum absolute atomic E-state index is 13.1. The number of hydrogen-bond acceptors (Lipinski definition) is 2. The van der Waals surface area contributed by atoms with Crippen LogP contribution in [0.25, 0.3) is 0 Å². The first-order valence-corrected chi connectivity index (χ1v) is 5.30. The van der Waals surface area contributed by atoms with E-state index in [2.05, 4.69) is 5.32 Å². The number of carbonyl (C=O) groups is 2. The first kappa shape index (κ1) is 11.6. The molecule has 0 aromatic heterocycles. The van der Waals surface area contributed by atoms with E-state index in [1.54, 1.807) is 13.8 Å². The van der Waals surface area contributed by atoms with Gasteiger partial charge in [0.05, 0.1) is 12.1 Å². The molecule has 1 aliphatic heterocycles. The zero-order valence-electron chi connectivity index (χ0n) is 9.66. The van der Waals surface area contributed by atoms with Crippen LogP contribution in [0.3, 0.4) is 0 Å². The van der Waals surface area contributed by atoms with Crippen molar-refractivity contribution in [3.05, 3.63) is 30.1 Å². The molecule has 1 aromatic rings. The molecular formula is C12H13FN2O2. The largest absolute Gasteiger partial charge is 0.332 e. The van der Waals surface area contributed by atoms with Crippen molar-refractivity contribution in [3.8, 4) is 0 Å². The smallest absolute Gasteiger partial charge is 0.329 e. The van der Waals surface area contributed by atoms with Gasteiger partial charge in [0.2, 0.25) is 5.91 Å². The molecule has 90 valence electrons. The number of nitrogens with zero attached hydrogens (tertiary/aromatic N) is 1. The Morgan fingerprint density at radius 3 is 2.65 bits per heavy atom. The molecule has 0 spiro atoms. The van der Waals surface area contributed by atoms with E-state index in [1.165, 1.54) is 18.2 Å². The molecule has 1 saturated heterocycles. The highest BCUT2D eigenvalue weighted by Crippen LogP contribution is 2.23. The summed E-state index contributed by atoms with van der Waals surface area (Å²) in [6, 6.07) is 4.90. The second kappa shape index (κ2) is 3.84. The van der Waals surface area contributed by atoms with Crippen LogP contribution in [0.4, 0.5) is 14.9 Å². The lowest BCUT2D eigenvalue weighted by molar-refractivity contribution is -0.119. The van der Waals surface area contributed by atoms with Crippen LogP contribution in [-0.2, 0) is 4.79 Å².